The molecule has 0 radical (unpaired) electrons. The second-order valence-electron chi connectivity index (χ2n) is 6.25. The number of benzene rings is 2. The van der Waals surface area contributed by atoms with Crippen molar-refractivity contribution >= 4 is 0 Å². The molecule has 0 aromatic heterocycles. The number of hydrogen-bond donors (Lipinski definition) is 1. The minimum Gasteiger partial charge on any atom is -0.393 e. The molecule has 2 heteroatoms. The fraction of sp³-hybridized carbons (Fsp3) is 0.368. The molecule has 0 aliphatic carbocycles. The minimum atomic E-state index is -0.206. The Kier molecular flexibility index (Phi) is 3.28. The van der Waals surface area contributed by atoms with Crippen LogP contribution in [0.25, 0.3) is 0 Å². The number of aliphatic hydroxyl groups excluding tert-OH is 1. The van der Waals surface area contributed by atoms with E-state index in [0.29, 0.717) is 12.1 Å². The van der Waals surface area contributed by atoms with Gasteiger partial charge in [-0.2, -0.15) is 0 Å². The van der Waals surface area contributed by atoms with Crippen LogP contribution in [0.3, 0.4) is 0 Å². The van der Waals surface area contributed by atoms with Crippen molar-refractivity contribution in [2.75, 3.05) is 6.54 Å². The first-order chi connectivity index (χ1) is 10.3. The molecule has 0 spiro atoms. The molecule has 1 saturated heterocycles. The fourth-order valence-corrected chi connectivity index (χ4v) is 4.06. The predicted molar refractivity (Wildman–Crippen MR) is 84.0 cm³/mol. The van der Waals surface area contributed by atoms with E-state index in [9.17, 15) is 5.11 Å². The summed E-state index contributed by atoms with van der Waals surface area (Å²) in [5, 5.41) is 10.4. The highest BCUT2D eigenvalue weighted by Crippen LogP contribution is 2.44. The van der Waals surface area contributed by atoms with Crippen LogP contribution in [0, 0.1) is 0 Å². The first-order valence-electron chi connectivity index (χ1n) is 7.89. The molecule has 0 bridgehead atoms. The lowest BCUT2D eigenvalue weighted by atomic mass is 9.81. The molecular weight excluding hydrogens is 258 g/mol. The normalized spacial score (nSPS) is 28.7. The van der Waals surface area contributed by atoms with E-state index < -0.39 is 0 Å². The summed E-state index contributed by atoms with van der Waals surface area (Å²) in [6, 6.07) is 20.1. The standard InChI is InChI=1S/C19H21NO/c21-16-12-18(15-7-2-1-3-8-15)20-11-10-14-6-4-5-9-17(14)19(20)13-16/h1-9,16,18-19,21H,10-13H2/t16-,18+,19+/m1/s1. The van der Waals surface area contributed by atoms with Gasteiger partial charge in [0, 0.05) is 18.6 Å². The first kappa shape index (κ1) is 13.1. The molecule has 2 nitrogen and oxygen atoms in total. The fourth-order valence-electron chi connectivity index (χ4n) is 4.06. The summed E-state index contributed by atoms with van der Waals surface area (Å²) in [6.07, 6.45) is 2.62. The third kappa shape index (κ3) is 2.29. The quantitative estimate of drug-likeness (QED) is 0.864. The highest BCUT2D eigenvalue weighted by molar-refractivity contribution is 5.34. The van der Waals surface area contributed by atoms with Crippen LogP contribution in [0.15, 0.2) is 54.6 Å². The number of aliphatic hydroxyl groups is 1. The summed E-state index contributed by atoms with van der Waals surface area (Å²) in [6.45, 7) is 1.09. The van der Waals surface area contributed by atoms with Gasteiger partial charge in [-0.15, -0.1) is 0 Å². The van der Waals surface area contributed by atoms with Gasteiger partial charge in [0.2, 0.25) is 0 Å². The van der Waals surface area contributed by atoms with Crippen LogP contribution >= 0.6 is 0 Å². The van der Waals surface area contributed by atoms with Gasteiger partial charge in [0.05, 0.1) is 6.10 Å². The molecule has 1 N–H and O–H groups in total. The van der Waals surface area contributed by atoms with Crippen molar-refractivity contribution < 1.29 is 5.11 Å². The Bertz CT molecular complexity index is 624. The van der Waals surface area contributed by atoms with Crippen molar-refractivity contribution in [1.82, 2.24) is 4.90 Å². The maximum Gasteiger partial charge on any atom is 0.0576 e. The lowest BCUT2D eigenvalue weighted by Crippen LogP contribution is -2.44. The maximum atomic E-state index is 10.4. The summed E-state index contributed by atoms with van der Waals surface area (Å²) in [5.41, 5.74) is 4.21. The Morgan fingerprint density at radius 1 is 0.857 bits per heavy atom. The average Bonchev–Trinajstić information content (AvgIpc) is 2.55. The molecule has 2 heterocycles. The second kappa shape index (κ2) is 5.28. The molecule has 2 aromatic carbocycles. The summed E-state index contributed by atoms with van der Waals surface area (Å²) < 4.78 is 0. The predicted octanol–water partition coefficient (Wildman–Crippen LogP) is 3.48. The highest BCUT2D eigenvalue weighted by atomic mass is 16.3. The van der Waals surface area contributed by atoms with Crippen molar-refractivity contribution in [3.63, 3.8) is 0 Å². The van der Waals surface area contributed by atoms with Gasteiger partial charge < -0.3 is 5.11 Å². The Labute approximate surface area is 126 Å². The molecule has 1 fully saturated rings. The van der Waals surface area contributed by atoms with Crippen molar-refractivity contribution in [3.05, 3.63) is 71.3 Å². The van der Waals surface area contributed by atoms with Gasteiger partial charge in [0.15, 0.2) is 0 Å². The van der Waals surface area contributed by atoms with Crippen LogP contribution in [-0.2, 0) is 6.42 Å². The molecule has 0 saturated carbocycles. The van der Waals surface area contributed by atoms with Crippen molar-refractivity contribution in [3.8, 4) is 0 Å². The molecule has 108 valence electrons. The van der Waals surface area contributed by atoms with E-state index in [2.05, 4.69) is 59.5 Å². The molecule has 21 heavy (non-hydrogen) atoms. The van der Waals surface area contributed by atoms with Gasteiger partial charge >= 0.3 is 0 Å². The Morgan fingerprint density at radius 2 is 1.57 bits per heavy atom. The summed E-state index contributed by atoms with van der Waals surface area (Å²) >= 11 is 0. The zero-order valence-electron chi connectivity index (χ0n) is 12.2. The smallest absolute Gasteiger partial charge is 0.0576 e. The molecule has 4 rings (SSSR count). The number of rotatable bonds is 1. The minimum absolute atomic E-state index is 0.206. The first-order valence-corrected chi connectivity index (χ1v) is 7.89. The molecule has 2 aliphatic rings. The van der Waals surface area contributed by atoms with Crippen molar-refractivity contribution in [1.29, 1.82) is 0 Å². The van der Waals surface area contributed by atoms with E-state index >= 15 is 0 Å². The summed E-state index contributed by atoms with van der Waals surface area (Å²) in [4.78, 5) is 2.60. The largest absolute Gasteiger partial charge is 0.393 e. The van der Waals surface area contributed by atoms with Gasteiger partial charge in [-0.3, -0.25) is 4.90 Å². The zero-order valence-corrected chi connectivity index (χ0v) is 12.2. The molecule has 3 atom stereocenters. The van der Waals surface area contributed by atoms with E-state index in [-0.39, 0.29) is 6.10 Å². The Hall–Kier alpha value is -1.64. The van der Waals surface area contributed by atoms with Gasteiger partial charge in [-0.25, -0.2) is 0 Å². The van der Waals surface area contributed by atoms with Crippen LogP contribution < -0.4 is 0 Å². The van der Waals surface area contributed by atoms with Gasteiger partial charge in [0.1, 0.15) is 0 Å². The molecule has 2 aromatic rings. The van der Waals surface area contributed by atoms with E-state index in [1.54, 1.807) is 0 Å². The number of hydrogen-bond acceptors (Lipinski definition) is 2. The van der Waals surface area contributed by atoms with Gasteiger partial charge in [-0.05, 0) is 36.0 Å². The maximum absolute atomic E-state index is 10.4. The number of nitrogens with zero attached hydrogens (tertiary/aromatic N) is 1. The van der Waals surface area contributed by atoms with Gasteiger partial charge in [0.25, 0.3) is 0 Å². The van der Waals surface area contributed by atoms with E-state index in [4.69, 9.17) is 0 Å². The van der Waals surface area contributed by atoms with Crippen LogP contribution in [0.4, 0.5) is 0 Å². The Balaban J connectivity index is 1.73. The second-order valence-corrected chi connectivity index (χ2v) is 6.25. The average molecular weight is 279 g/mol. The lowest BCUT2D eigenvalue weighted by Gasteiger charge is -2.47. The highest BCUT2D eigenvalue weighted by Gasteiger charge is 2.38. The molecule has 2 aliphatic heterocycles. The van der Waals surface area contributed by atoms with Crippen molar-refractivity contribution in [2.24, 2.45) is 0 Å². The SMILES string of the molecule is O[C@@H]1C[C@@H](c2ccccc2)N2CCc3ccccc3[C@@H]2C1. The van der Waals surface area contributed by atoms with E-state index in [1.807, 2.05) is 0 Å². The van der Waals surface area contributed by atoms with Crippen LogP contribution in [-0.4, -0.2) is 22.7 Å². The molecular formula is C19H21NO. The molecule has 0 unspecified atom stereocenters. The lowest BCUT2D eigenvalue weighted by molar-refractivity contribution is -0.00673. The van der Waals surface area contributed by atoms with Gasteiger partial charge in [-0.1, -0.05) is 54.6 Å². The topological polar surface area (TPSA) is 23.5 Å². The summed E-state index contributed by atoms with van der Waals surface area (Å²) in [5.74, 6) is 0. The van der Waals surface area contributed by atoms with E-state index in [1.165, 1.54) is 16.7 Å². The monoisotopic (exact) mass is 279 g/mol. The number of piperidine rings is 1. The summed E-state index contributed by atoms with van der Waals surface area (Å²) in [7, 11) is 0. The van der Waals surface area contributed by atoms with Crippen molar-refractivity contribution in [2.45, 2.75) is 37.5 Å². The zero-order chi connectivity index (χ0) is 14.2. The Morgan fingerprint density at radius 3 is 2.43 bits per heavy atom. The van der Waals surface area contributed by atoms with Crippen LogP contribution in [0.5, 0.6) is 0 Å². The third-order valence-corrected chi connectivity index (χ3v) is 5.03. The van der Waals surface area contributed by atoms with Crippen LogP contribution in [0.2, 0.25) is 0 Å². The number of fused-ring (bicyclic) bond motifs is 3. The van der Waals surface area contributed by atoms with E-state index in [0.717, 1.165) is 25.8 Å². The molecule has 0 amide bonds. The third-order valence-electron chi connectivity index (χ3n) is 5.03. The van der Waals surface area contributed by atoms with Crippen LogP contribution in [0.1, 0.15) is 41.6 Å².